The summed E-state index contributed by atoms with van der Waals surface area (Å²) < 4.78 is 6.99. The molecule has 7 heteroatoms. The molecule has 0 aliphatic heterocycles. The standard InChI is InChI=1S/C22H21N3O2S2/c1-27-12-11-24(16-18-9-5-13-28-18)22(26)20-15-19(21-10-6-14-29-21)23-25(20)17-7-3-2-4-8-17/h2-10,13-15H,11-12,16H2,1H3. The molecule has 1 aromatic carbocycles. The number of thiophene rings is 2. The molecule has 0 atom stereocenters. The highest BCUT2D eigenvalue weighted by atomic mass is 32.1. The van der Waals surface area contributed by atoms with Gasteiger partial charge in [0.25, 0.3) is 5.91 Å². The number of amides is 1. The second kappa shape index (κ2) is 9.17. The first-order valence-corrected chi connectivity index (χ1v) is 11.0. The summed E-state index contributed by atoms with van der Waals surface area (Å²) in [6.45, 7) is 1.55. The maximum Gasteiger partial charge on any atom is 0.273 e. The first-order chi connectivity index (χ1) is 14.3. The normalized spacial score (nSPS) is 10.9. The molecule has 0 bridgehead atoms. The van der Waals surface area contributed by atoms with Crippen LogP contribution in [0.5, 0.6) is 0 Å². The molecule has 0 saturated heterocycles. The van der Waals surface area contributed by atoms with E-state index in [9.17, 15) is 4.79 Å². The van der Waals surface area contributed by atoms with Crippen molar-refractivity contribution in [2.24, 2.45) is 0 Å². The lowest BCUT2D eigenvalue weighted by molar-refractivity contribution is 0.0673. The van der Waals surface area contributed by atoms with Crippen LogP contribution in [0.15, 0.2) is 71.4 Å². The number of rotatable bonds is 8. The van der Waals surface area contributed by atoms with Crippen molar-refractivity contribution < 1.29 is 9.53 Å². The minimum absolute atomic E-state index is 0.0605. The molecule has 3 aromatic heterocycles. The summed E-state index contributed by atoms with van der Waals surface area (Å²) in [6, 6.07) is 19.7. The van der Waals surface area contributed by atoms with Gasteiger partial charge in [0.15, 0.2) is 0 Å². The fourth-order valence-electron chi connectivity index (χ4n) is 3.05. The zero-order chi connectivity index (χ0) is 20.1. The van der Waals surface area contributed by atoms with Crippen LogP contribution in [-0.4, -0.2) is 40.8 Å². The van der Waals surface area contributed by atoms with Gasteiger partial charge in [-0.15, -0.1) is 22.7 Å². The maximum atomic E-state index is 13.6. The van der Waals surface area contributed by atoms with Crippen molar-refractivity contribution in [1.29, 1.82) is 0 Å². The molecule has 148 valence electrons. The van der Waals surface area contributed by atoms with Crippen LogP contribution in [0.4, 0.5) is 0 Å². The molecule has 29 heavy (non-hydrogen) atoms. The second-order valence-electron chi connectivity index (χ2n) is 6.44. The molecule has 0 saturated carbocycles. The number of carbonyl (C=O) groups excluding carboxylic acids is 1. The average molecular weight is 424 g/mol. The van der Waals surface area contributed by atoms with Crippen LogP contribution >= 0.6 is 22.7 Å². The molecular formula is C22H21N3O2S2. The van der Waals surface area contributed by atoms with Crippen LogP contribution in [0, 0.1) is 0 Å². The lowest BCUT2D eigenvalue weighted by Crippen LogP contribution is -2.34. The maximum absolute atomic E-state index is 13.6. The summed E-state index contributed by atoms with van der Waals surface area (Å²) in [6.07, 6.45) is 0. The van der Waals surface area contributed by atoms with E-state index in [0.29, 0.717) is 25.4 Å². The summed E-state index contributed by atoms with van der Waals surface area (Å²) in [5.74, 6) is -0.0605. The van der Waals surface area contributed by atoms with Crippen LogP contribution < -0.4 is 0 Å². The van der Waals surface area contributed by atoms with Crippen LogP contribution in [0.25, 0.3) is 16.3 Å². The fraction of sp³-hybridized carbons (Fsp3) is 0.182. The van der Waals surface area contributed by atoms with Crippen LogP contribution in [-0.2, 0) is 11.3 Å². The van der Waals surface area contributed by atoms with Crippen LogP contribution in [0.2, 0.25) is 0 Å². The van der Waals surface area contributed by atoms with E-state index in [4.69, 9.17) is 9.84 Å². The van der Waals surface area contributed by atoms with Gasteiger partial charge in [0, 0.05) is 18.5 Å². The molecule has 0 spiro atoms. The highest BCUT2D eigenvalue weighted by molar-refractivity contribution is 7.13. The van der Waals surface area contributed by atoms with E-state index in [2.05, 4.69) is 0 Å². The van der Waals surface area contributed by atoms with Crippen molar-refractivity contribution in [2.45, 2.75) is 6.54 Å². The highest BCUT2D eigenvalue weighted by Crippen LogP contribution is 2.27. The summed E-state index contributed by atoms with van der Waals surface area (Å²) in [5.41, 5.74) is 2.21. The van der Waals surface area contributed by atoms with E-state index in [0.717, 1.165) is 21.1 Å². The third-order valence-electron chi connectivity index (χ3n) is 4.48. The quantitative estimate of drug-likeness (QED) is 0.403. The van der Waals surface area contributed by atoms with E-state index in [1.165, 1.54) is 0 Å². The van der Waals surface area contributed by atoms with Gasteiger partial charge >= 0.3 is 0 Å². The molecule has 0 aliphatic rings. The Kier molecular flexibility index (Phi) is 6.19. The Hall–Kier alpha value is -2.74. The van der Waals surface area contributed by atoms with Gasteiger partial charge in [-0.1, -0.05) is 30.3 Å². The van der Waals surface area contributed by atoms with Gasteiger partial charge in [-0.05, 0) is 41.1 Å². The van der Waals surface area contributed by atoms with Crippen LogP contribution in [0.1, 0.15) is 15.4 Å². The number of carbonyl (C=O) groups is 1. The number of methoxy groups -OCH3 is 1. The number of para-hydroxylation sites is 1. The largest absolute Gasteiger partial charge is 0.383 e. The Labute approximate surface area is 177 Å². The number of ether oxygens (including phenoxy) is 1. The van der Waals surface area contributed by atoms with Gasteiger partial charge in [0.05, 0.1) is 23.7 Å². The Morgan fingerprint density at radius 2 is 1.86 bits per heavy atom. The first kappa shape index (κ1) is 19.6. The van der Waals surface area contributed by atoms with Gasteiger partial charge in [-0.2, -0.15) is 5.10 Å². The Balaban J connectivity index is 1.73. The first-order valence-electron chi connectivity index (χ1n) is 9.26. The molecule has 1 amide bonds. The average Bonchev–Trinajstić information content (AvgIpc) is 3.52. The summed E-state index contributed by atoms with van der Waals surface area (Å²) in [5, 5.41) is 8.79. The van der Waals surface area contributed by atoms with E-state index >= 15 is 0 Å². The highest BCUT2D eigenvalue weighted by Gasteiger charge is 2.23. The smallest absolute Gasteiger partial charge is 0.273 e. The zero-order valence-corrected chi connectivity index (χ0v) is 17.7. The molecule has 5 nitrogen and oxygen atoms in total. The Morgan fingerprint density at radius 1 is 1.07 bits per heavy atom. The molecule has 3 heterocycles. The van der Waals surface area contributed by atoms with E-state index in [1.54, 1.807) is 34.5 Å². The molecular weight excluding hydrogens is 402 g/mol. The molecule has 0 fully saturated rings. The van der Waals surface area contributed by atoms with Gasteiger partial charge in [0.1, 0.15) is 11.4 Å². The fourth-order valence-corrected chi connectivity index (χ4v) is 4.45. The summed E-state index contributed by atoms with van der Waals surface area (Å²) in [7, 11) is 1.65. The predicted molar refractivity (Wildman–Crippen MR) is 118 cm³/mol. The number of hydrogen-bond acceptors (Lipinski definition) is 5. The van der Waals surface area contributed by atoms with E-state index < -0.39 is 0 Å². The molecule has 0 N–H and O–H groups in total. The Bertz CT molecular complexity index is 1040. The predicted octanol–water partition coefficient (Wildman–Crippen LogP) is 4.95. The molecule has 4 aromatic rings. The number of aromatic nitrogens is 2. The Morgan fingerprint density at radius 3 is 2.55 bits per heavy atom. The lowest BCUT2D eigenvalue weighted by atomic mass is 10.2. The van der Waals surface area contributed by atoms with Crippen molar-refractivity contribution in [3.8, 4) is 16.3 Å². The second-order valence-corrected chi connectivity index (χ2v) is 8.42. The molecule has 0 unspecified atom stereocenters. The number of benzene rings is 1. The SMILES string of the molecule is COCCN(Cc1cccs1)C(=O)c1cc(-c2cccs2)nn1-c1ccccc1. The lowest BCUT2D eigenvalue weighted by Gasteiger charge is -2.22. The summed E-state index contributed by atoms with van der Waals surface area (Å²) in [4.78, 5) is 17.6. The van der Waals surface area contributed by atoms with E-state index in [-0.39, 0.29) is 5.91 Å². The number of hydrogen-bond donors (Lipinski definition) is 0. The monoisotopic (exact) mass is 423 g/mol. The zero-order valence-electron chi connectivity index (χ0n) is 16.0. The van der Waals surface area contributed by atoms with Crippen molar-refractivity contribution in [3.05, 3.63) is 82.0 Å². The van der Waals surface area contributed by atoms with Crippen molar-refractivity contribution in [3.63, 3.8) is 0 Å². The number of nitrogens with zero attached hydrogens (tertiary/aromatic N) is 3. The third kappa shape index (κ3) is 4.48. The third-order valence-corrected chi connectivity index (χ3v) is 6.24. The van der Waals surface area contributed by atoms with Gasteiger partial charge in [-0.25, -0.2) is 4.68 Å². The van der Waals surface area contributed by atoms with Crippen molar-refractivity contribution >= 4 is 28.6 Å². The topological polar surface area (TPSA) is 47.4 Å². The minimum Gasteiger partial charge on any atom is -0.383 e. The molecule has 0 aliphatic carbocycles. The van der Waals surface area contributed by atoms with Gasteiger partial charge in [0.2, 0.25) is 0 Å². The van der Waals surface area contributed by atoms with Gasteiger partial charge < -0.3 is 9.64 Å². The van der Waals surface area contributed by atoms with Crippen molar-refractivity contribution in [2.75, 3.05) is 20.3 Å². The van der Waals surface area contributed by atoms with Crippen LogP contribution in [0.3, 0.4) is 0 Å². The minimum atomic E-state index is -0.0605. The molecule has 0 radical (unpaired) electrons. The van der Waals surface area contributed by atoms with Crippen molar-refractivity contribution in [1.82, 2.24) is 14.7 Å². The van der Waals surface area contributed by atoms with Gasteiger partial charge in [-0.3, -0.25) is 4.79 Å². The molecule has 4 rings (SSSR count). The van der Waals surface area contributed by atoms with E-state index in [1.807, 2.05) is 76.3 Å². The summed E-state index contributed by atoms with van der Waals surface area (Å²) >= 11 is 3.26.